The summed E-state index contributed by atoms with van der Waals surface area (Å²) >= 11 is 0. The minimum Gasteiger partial charge on any atom is -0.350 e. The van der Waals surface area contributed by atoms with Crippen LogP contribution in [0.5, 0.6) is 0 Å². The van der Waals surface area contributed by atoms with E-state index >= 15 is 0 Å². The van der Waals surface area contributed by atoms with E-state index in [-0.39, 0.29) is 27.3 Å². The zero-order valence-corrected chi connectivity index (χ0v) is 28.6. The Balaban J connectivity index is 1.02. The van der Waals surface area contributed by atoms with Crippen molar-refractivity contribution in [3.63, 3.8) is 0 Å². The molecule has 2 amide bonds. The Morgan fingerprint density at radius 1 is 0.395 bits per heavy atom. The van der Waals surface area contributed by atoms with Crippen molar-refractivity contribution in [1.82, 2.24) is 10.6 Å². The predicted octanol–water partition coefficient (Wildman–Crippen LogP) is 8.47. The standard InChI is InChI=1S/C39H60N2O2/c1-29-8-26-9-36(17-29,27(42)40-38-19-30(2)11-31(3,20-38)13-32(4,12-30)21-38)25-37(10-26,18-29)28(43)41-39-22-33(5)14-34(6,23-39)16-35(7,15-33)24-39/h26H,8-25H2,1-7H3,(H,40,42)(H,41,43). The normalized spacial score (nSPS) is 63.5. The van der Waals surface area contributed by atoms with E-state index in [4.69, 9.17) is 0 Å². The van der Waals surface area contributed by atoms with E-state index in [1.165, 1.54) is 44.9 Å². The summed E-state index contributed by atoms with van der Waals surface area (Å²) < 4.78 is 0. The highest BCUT2D eigenvalue weighted by Crippen LogP contribution is 2.74. The van der Waals surface area contributed by atoms with Crippen molar-refractivity contribution in [1.29, 1.82) is 0 Å². The van der Waals surface area contributed by atoms with Gasteiger partial charge in [-0.25, -0.2) is 0 Å². The van der Waals surface area contributed by atoms with Crippen molar-refractivity contribution in [3.8, 4) is 0 Å². The van der Waals surface area contributed by atoms with Crippen molar-refractivity contribution in [2.75, 3.05) is 0 Å². The zero-order valence-electron chi connectivity index (χ0n) is 28.6. The molecule has 2 N–H and O–H groups in total. The third-order valence-electron chi connectivity index (χ3n) is 15.8. The molecule has 4 heteroatoms. The number of hydrogen-bond donors (Lipinski definition) is 2. The Kier molecular flexibility index (Phi) is 4.85. The van der Waals surface area contributed by atoms with Crippen LogP contribution in [0.4, 0.5) is 0 Å². The molecule has 12 rings (SSSR count). The van der Waals surface area contributed by atoms with Crippen LogP contribution in [0.2, 0.25) is 0 Å². The molecule has 12 fully saturated rings. The molecule has 2 unspecified atom stereocenters. The molecule has 0 aromatic rings. The molecule has 12 saturated carbocycles. The summed E-state index contributed by atoms with van der Waals surface area (Å²) in [5, 5.41) is 7.80. The van der Waals surface area contributed by atoms with Crippen molar-refractivity contribution >= 4 is 11.8 Å². The predicted molar refractivity (Wildman–Crippen MR) is 170 cm³/mol. The van der Waals surface area contributed by atoms with E-state index in [0.717, 1.165) is 70.6 Å². The monoisotopic (exact) mass is 588 g/mol. The molecule has 0 heterocycles. The van der Waals surface area contributed by atoms with Gasteiger partial charge >= 0.3 is 0 Å². The Morgan fingerprint density at radius 2 is 0.698 bits per heavy atom. The lowest BCUT2D eigenvalue weighted by Gasteiger charge is -2.70. The van der Waals surface area contributed by atoms with Gasteiger partial charge in [0.1, 0.15) is 0 Å². The third kappa shape index (κ3) is 3.91. The van der Waals surface area contributed by atoms with Gasteiger partial charge in [-0.1, -0.05) is 48.5 Å². The summed E-state index contributed by atoms with van der Waals surface area (Å²) in [5.74, 6) is 1.17. The van der Waals surface area contributed by atoms with Crippen LogP contribution in [0, 0.1) is 54.7 Å². The van der Waals surface area contributed by atoms with E-state index in [0.29, 0.717) is 50.2 Å². The lowest BCUT2D eigenvalue weighted by atomic mass is 9.37. The Bertz CT molecular complexity index is 1150. The van der Waals surface area contributed by atoms with Gasteiger partial charge in [-0.05, 0) is 159 Å². The summed E-state index contributed by atoms with van der Waals surface area (Å²) in [5.41, 5.74) is 1.35. The molecular formula is C39H60N2O2. The summed E-state index contributed by atoms with van der Waals surface area (Å²) in [6.45, 7) is 17.5. The maximum absolute atomic E-state index is 14.9. The second-order valence-electron chi connectivity index (χ2n) is 22.8. The summed E-state index contributed by atoms with van der Waals surface area (Å²) in [4.78, 5) is 29.8. The van der Waals surface area contributed by atoms with Crippen LogP contribution in [-0.2, 0) is 9.59 Å². The molecule has 43 heavy (non-hydrogen) atoms. The highest BCUT2D eigenvalue weighted by atomic mass is 16.2. The van der Waals surface area contributed by atoms with Crippen LogP contribution < -0.4 is 10.6 Å². The van der Waals surface area contributed by atoms with Crippen LogP contribution in [-0.4, -0.2) is 22.9 Å². The fourth-order valence-corrected chi connectivity index (χ4v) is 19.0. The largest absolute Gasteiger partial charge is 0.350 e. The lowest BCUT2D eigenvalue weighted by molar-refractivity contribution is -0.194. The number of hydrogen-bond acceptors (Lipinski definition) is 2. The Hall–Kier alpha value is -1.06. The number of nitrogens with one attached hydrogen (secondary N) is 2. The van der Waals surface area contributed by atoms with Gasteiger partial charge in [-0.15, -0.1) is 0 Å². The van der Waals surface area contributed by atoms with Crippen molar-refractivity contribution in [2.45, 2.75) is 175 Å². The van der Waals surface area contributed by atoms with Crippen molar-refractivity contribution in [2.24, 2.45) is 54.7 Å². The number of carbonyl (C=O) groups is 2. The molecular weight excluding hydrogens is 528 g/mol. The first-order chi connectivity index (χ1) is 19.6. The van der Waals surface area contributed by atoms with Gasteiger partial charge in [0, 0.05) is 11.1 Å². The van der Waals surface area contributed by atoms with Gasteiger partial charge in [0.15, 0.2) is 0 Å². The van der Waals surface area contributed by atoms with Gasteiger partial charge in [0.25, 0.3) is 0 Å². The lowest BCUT2D eigenvalue weighted by Crippen LogP contribution is -2.72. The van der Waals surface area contributed by atoms with Gasteiger partial charge in [-0.2, -0.15) is 0 Å². The number of carbonyl (C=O) groups excluding carboxylic acids is 2. The average molecular weight is 589 g/mol. The van der Waals surface area contributed by atoms with Crippen LogP contribution in [0.1, 0.15) is 164 Å². The number of amides is 2. The second kappa shape index (κ2) is 7.40. The molecule has 4 nitrogen and oxygen atoms in total. The minimum atomic E-state index is -0.372. The SMILES string of the molecule is CC12CC3(C)CC(C)(C1)CC(NC(=O)C14CC5CC(C)(C1)CC(C(=O)NC16CC7(C)CC(C)(CC(C)(C7)C1)C6)(C5)C4)(C2)C3. The first-order valence-corrected chi connectivity index (χ1v) is 18.3. The van der Waals surface area contributed by atoms with E-state index < -0.39 is 0 Å². The van der Waals surface area contributed by atoms with Gasteiger partial charge in [0.2, 0.25) is 11.8 Å². The molecule has 0 aromatic carbocycles. The maximum atomic E-state index is 14.9. The average Bonchev–Trinajstić information content (AvgIpc) is 2.69. The first kappa shape index (κ1) is 28.2. The topological polar surface area (TPSA) is 58.2 Å². The van der Waals surface area contributed by atoms with Crippen molar-refractivity contribution in [3.05, 3.63) is 0 Å². The van der Waals surface area contributed by atoms with E-state index in [1.807, 2.05) is 0 Å². The maximum Gasteiger partial charge on any atom is 0.226 e. The molecule has 12 aliphatic carbocycles. The highest BCUT2D eigenvalue weighted by Gasteiger charge is 2.71. The molecule has 0 aliphatic heterocycles. The van der Waals surface area contributed by atoms with E-state index in [1.54, 1.807) is 0 Å². The van der Waals surface area contributed by atoms with Crippen LogP contribution >= 0.6 is 0 Å². The summed E-state index contributed by atoms with van der Waals surface area (Å²) in [7, 11) is 0. The van der Waals surface area contributed by atoms with Gasteiger partial charge in [0.05, 0.1) is 10.8 Å². The Morgan fingerprint density at radius 3 is 0.977 bits per heavy atom. The summed E-state index contributed by atoms with van der Waals surface area (Å²) in [6, 6.07) is 0. The third-order valence-corrected chi connectivity index (χ3v) is 15.8. The van der Waals surface area contributed by atoms with E-state index in [2.05, 4.69) is 59.1 Å². The van der Waals surface area contributed by atoms with E-state index in [9.17, 15) is 9.59 Å². The fourth-order valence-electron chi connectivity index (χ4n) is 19.0. The molecule has 12 aliphatic rings. The summed E-state index contributed by atoms with van der Waals surface area (Å²) in [6.07, 6.45) is 20.8. The zero-order chi connectivity index (χ0) is 30.4. The van der Waals surface area contributed by atoms with Crippen molar-refractivity contribution < 1.29 is 9.59 Å². The molecule has 0 saturated heterocycles. The first-order valence-electron chi connectivity index (χ1n) is 18.3. The molecule has 238 valence electrons. The fraction of sp³-hybridized carbons (Fsp3) is 0.949. The molecule has 12 bridgehead atoms. The van der Waals surface area contributed by atoms with Crippen LogP contribution in [0.25, 0.3) is 0 Å². The van der Waals surface area contributed by atoms with Crippen LogP contribution in [0.3, 0.4) is 0 Å². The molecule has 2 atom stereocenters. The van der Waals surface area contributed by atoms with Gasteiger partial charge in [-0.3, -0.25) is 9.59 Å². The molecule has 0 aromatic heterocycles. The number of rotatable bonds is 4. The quantitative estimate of drug-likeness (QED) is 0.346. The van der Waals surface area contributed by atoms with Gasteiger partial charge < -0.3 is 10.6 Å². The second-order valence-corrected chi connectivity index (χ2v) is 22.8. The van der Waals surface area contributed by atoms with Crippen LogP contribution in [0.15, 0.2) is 0 Å². The molecule has 0 radical (unpaired) electrons. The molecule has 0 spiro atoms. The smallest absolute Gasteiger partial charge is 0.226 e. The minimum absolute atomic E-state index is 0.0523. The highest BCUT2D eigenvalue weighted by molar-refractivity contribution is 5.89. The Labute approximate surface area is 261 Å².